The summed E-state index contributed by atoms with van der Waals surface area (Å²) in [5, 5.41) is 2.81. The minimum absolute atomic E-state index is 0.209. The summed E-state index contributed by atoms with van der Waals surface area (Å²) in [6, 6.07) is 7.28. The summed E-state index contributed by atoms with van der Waals surface area (Å²) >= 11 is 0. The molecule has 1 aliphatic carbocycles. The zero-order valence-electron chi connectivity index (χ0n) is 16.4. The molecule has 2 rings (SSSR count). The van der Waals surface area contributed by atoms with E-state index in [2.05, 4.69) is 5.32 Å². The smallest absolute Gasteiger partial charge is 0.240 e. The maximum atomic E-state index is 12.3. The lowest BCUT2D eigenvalue weighted by Gasteiger charge is -2.24. The Kier molecular flexibility index (Phi) is 8.57. The Balaban J connectivity index is 1.82. The average molecular weight is 397 g/mol. The van der Waals surface area contributed by atoms with E-state index in [-0.39, 0.29) is 12.5 Å². The first-order chi connectivity index (χ1) is 12.9. The Labute approximate surface area is 163 Å². The number of amides is 1. The van der Waals surface area contributed by atoms with Crippen molar-refractivity contribution in [1.29, 1.82) is 0 Å². The Morgan fingerprint density at radius 3 is 2.59 bits per heavy atom. The van der Waals surface area contributed by atoms with Crippen LogP contribution >= 0.6 is 0 Å². The van der Waals surface area contributed by atoms with E-state index in [4.69, 9.17) is 4.74 Å². The van der Waals surface area contributed by atoms with Gasteiger partial charge in [-0.3, -0.25) is 9.10 Å². The topological polar surface area (TPSA) is 75.7 Å². The molecule has 1 aromatic rings. The highest BCUT2D eigenvalue weighted by Gasteiger charge is 2.22. The molecule has 152 valence electrons. The zero-order chi connectivity index (χ0) is 19.7. The summed E-state index contributed by atoms with van der Waals surface area (Å²) in [6.45, 7) is 2.86. The van der Waals surface area contributed by atoms with Gasteiger partial charge in [-0.2, -0.15) is 0 Å². The summed E-state index contributed by atoms with van der Waals surface area (Å²) in [5.41, 5.74) is 1.47. The lowest BCUT2D eigenvalue weighted by molar-refractivity contribution is -0.119. The molecular weight excluding hydrogens is 364 g/mol. The number of carbonyl (C=O) groups excluding carboxylic acids is 1. The number of sulfonamides is 1. The number of hydrogen-bond acceptors (Lipinski definition) is 4. The van der Waals surface area contributed by atoms with E-state index < -0.39 is 10.0 Å². The standard InChI is InChI=1S/C20H32N2O4S/c1-3-17-10-7-8-13-19(17)22(27(2,24)25)16-20(23)21-14-9-15-26-18-11-5-4-6-12-18/h7-8,10,13,18H,3-6,9,11-12,14-16H2,1-2H3,(H,21,23). The lowest BCUT2D eigenvalue weighted by atomic mass is 9.98. The predicted molar refractivity (Wildman–Crippen MR) is 108 cm³/mol. The number of benzene rings is 1. The van der Waals surface area contributed by atoms with Gasteiger partial charge < -0.3 is 10.1 Å². The van der Waals surface area contributed by atoms with Crippen molar-refractivity contribution in [3.8, 4) is 0 Å². The predicted octanol–water partition coefficient (Wildman–Crippen LogP) is 2.87. The maximum Gasteiger partial charge on any atom is 0.240 e. The van der Waals surface area contributed by atoms with Gasteiger partial charge in [-0.25, -0.2) is 8.42 Å². The summed E-state index contributed by atoms with van der Waals surface area (Å²) < 4.78 is 31.4. The van der Waals surface area contributed by atoms with Crippen LogP contribution in [0.15, 0.2) is 24.3 Å². The number of ether oxygens (including phenoxy) is 1. The van der Waals surface area contributed by atoms with Crippen LogP contribution in [0.1, 0.15) is 51.0 Å². The molecule has 1 saturated carbocycles. The van der Waals surface area contributed by atoms with Crippen LogP contribution in [-0.4, -0.2) is 46.4 Å². The number of hydrogen-bond donors (Lipinski definition) is 1. The summed E-state index contributed by atoms with van der Waals surface area (Å²) in [7, 11) is -3.55. The van der Waals surface area contributed by atoms with Crippen molar-refractivity contribution in [1.82, 2.24) is 5.32 Å². The number of nitrogens with one attached hydrogen (secondary N) is 1. The first-order valence-electron chi connectivity index (χ1n) is 9.85. The van der Waals surface area contributed by atoms with E-state index in [1.54, 1.807) is 12.1 Å². The van der Waals surface area contributed by atoms with Crippen LogP contribution in [0.4, 0.5) is 5.69 Å². The molecule has 1 N–H and O–H groups in total. The normalized spacial score (nSPS) is 15.5. The number of aryl methyl sites for hydroxylation is 1. The van der Waals surface area contributed by atoms with Crippen molar-refractivity contribution in [2.24, 2.45) is 0 Å². The Morgan fingerprint density at radius 1 is 1.22 bits per heavy atom. The van der Waals surface area contributed by atoms with E-state index in [9.17, 15) is 13.2 Å². The summed E-state index contributed by atoms with van der Waals surface area (Å²) in [5.74, 6) is -0.302. The van der Waals surface area contributed by atoms with Gasteiger partial charge in [0.05, 0.1) is 18.0 Å². The van der Waals surface area contributed by atoms with Gasteiger partial charge in [0.2, 0.25) is 15.9 Å². The molecule has 0 atom stereocenters. The summed E-state index contributed by atoms with van der Waals surface area (Å²) in [4.78, 5) is 12.3. The lowest BCUT2D eigenvalue weighted by Crippen LogP contribution is -2.41. The quantitative estimate of drug-likeness (QED) is 0.617. The van der Waals surface area contributed by atoms with E-state index in [1.165, 1.54) is 23.6 Å². The van der Waals surface area contributed by atoms with E-state index in [1.807, 2.05) is 19.1 Å². The van der Waals surface area contributed by atoms with Gasteiger partial charge in [0.15, 0.2) is 0 Å². The average Bonchev–Trinajstić information content (AvgIpc) is 2.66. The molecule has 0 heterocycles. The van der Waals surface area contributed by atoms with Crippen molar-refractivity contribution >= 4 is 21.6 Å². The zero-order valence-corrected chi connectivity index (χ0v) is 17.3. The molecule has 0 aliphatic heterocycles. The highest BCUT2D eigenvalue weighted by atomic mass is 32.2. The molecule has 1 amide bonds. The fraction of sp³-hybridized carbons (Fsp3) is 0.650. The van der Waals surface area contributed by atoms with Crippen molar-refractivity contribution in [2.75, 3.05) is 30.3 Å². The van der Waals surface area contributed by atoms with Crippen LogP contribution in [0, 0.1) is 0 Å². The van der Waals surface area contributed by atoms with Gasteiger partial charge in [-0.05, 0) is 37.3 Å². The third kappa shape index (κ3) is 7.14. The van der Waals surface area contributed by atoms with Gasteiger partial charge in [-0.15, -0.1) is 0 Å². The van der Waals surface area contributed by atoms with Crippen molar-refractivity contribution < 1.29 is 17.9 Å². The van der Waals surface area contributed by atoms with Crippen molar-refractivity contribution in [3.63, 3.8) is 0 Å². The third-order valence-corrected chi connectivity index (χ3v) is 6.00. The van der Waals surface area contributed by atoms with E-state index in [0.717, 1.165) is 31.1 Å². The monoisotopic (exact) mass is 396 g/mol. The van der Waals surface area contributed by atoms with Crippen molar-refractivity contribution in [3.05, 3.63) is 29.8 Å². The Bertz CT molecular complexity index is 700. The van der Waals surface area contributed by atoms with Gasteiger partial charge in [-0.1, -0.05) is 44.4 Å². The molecule has 27 heavy (non-hydrogen) atoms. The van der Waals surface area contributed by atoms with Crippen LogP contribution in [0.2, 0.25) is 0 Å². The number of rotatable bonds is 10. The molecule has 0 saturated heterocycles. The molecular formula is C20H32N2O4S. The first kappa shape index (κ1) is 21.7. The minimum Gasteiger partial charge on any atom is -0.378 e. The molecule has 1 aromatic carbocycles. The molecule has 6 nitrogen and oxygen atoms in total. The molecule has 0 bridgehead atoms. The van der Waals surface area contributed by atoms with E-state index >= 15 is 0 Å². The largest absolute Gasteiger partial charge is 0.378 e. The second-order valence-corrected chi connectivity index (χ2v) is 8.99. The maximum absolute atomic E-state index is 12.3. The van der Waals surface area contributed by atoms with Crippen molar-refractivity contribution in [2.45, 2.75) is 58.0 Å². The highest BCUT2D eigenvalue weighted by molar-refractivity contribution is 7.92. The molecule has 0 unspecified atom stereocenters. The van der Waals surface area contributed by atoms with Gasteiger partial charge in [0.25, 0.3) is 0 Å². The van der Waals surface area contributed by atoms with Crippen LogP contribution in [0.5, 0.6) is 0 Å². The van der Waals surface area contributed by atoms with Crippen LogP contribution in [-0.2, 0) is 26.0 Å². The highest BCUT2D eigenvalue weighted by Crippen LogP contribution is 2.23. The Morgan fingerprint density at radius 2 is 1.93 bits per heavy atom. The number of anilines is 1. The van der Waals surface area contributed by atoms with Gasteiger partial charge in [0.1, 0.15) is 6.54 Å². The third-order valence-electron chi connectivity index (χ3n) is 4.88. The second kappa shape index (κ2) is 10.7. The molecule has 1 fully saturated rings. The molecule has 0 spiro atoms. The molecule has 0 aromatic heterocycles. The molecule has 7 heteroatoms. The molecule has 1 aliphatic rings. The Hall–Kier alpha value is -1.60. The van der Waals surface area contributed by atoms with Gasteiger partial charge >= 0.3 is 0 Å². The number of para-hydroxylation sites is 1. The van der Waals surface area contributed by atoms with Crippen LogP contribution < -0.4 is 9.62 Å². The van der Waals surface area contributed by atoms with Crippen LogP contribution in [0.25, 0.3) is 0 Å². The fourth-order valence-corrected chi connectivity index (χ4v) is 4.29. The SMILES string of the molecule is CCc1ccccc1N(CC(=O)NCCCOC1CCCCC1)S(C)(=O)=O. The fourth-order valence-electron chi connectivity index (χ4n) is 3.40. The molecule has 0 radical (unpaired) electrons. The first-order valence-corrected chi connectivity index (χ1v) is 11.7. The van der Waals surface area contributed by atoms with Gasteiger partial charge in [0, 0.05) is 13.2 Å². The summed E-state index contributed by atoms with van der Waals surface area (Å²) in [6.07, 6.45) is 8.96. The minimum atomic E-state index is -3.55. The number of carbonyl (C=O) groups is 1. The van der Waals surface area contributed by atoms with Crippen LogP contribution in [0.3, 0.4) is 0 Å². The number of nitrogens with zero attached hydrogens (tertiary/aromatic N) is 1. The van der Waals surface area contributed by atoms with E-state index in [0.29, 0.717) is 31.4 Å². The second-order valence-electron chi connectivity index (χ2n) is 7.09.